The average Bonchev–Trinajstić information content (AvgIpc) is 2.68. The standard InChI is InChI=1S/C12H16N4S/c1-8-5-10-11(14-7-15-12(10)17-8)16-4-2-3-9(13)6-16/h5,7,9H,2-4,6,13H2,1H3/t9-/m1/s1. The van der Waals surface area contributed by atoms with Crippen LogP contribution in [-0.4, -0.2) is 29.1 Å². The number of hydrogen-bond donors (Lipinski definition) is 1. The van der Waals surface area contributed by atoms with Crippen molar-refractivity contribution in [3.63, 3.8) is 0 Å². The Labute approximate surface area is 104 Å². The maximum atomic E-state index is 6.03. The number of piperidine rings is 1. The van der Waals surface area contributed by atoms with E-state index in [-0.39, 0.29) is 6.04 Å². The number of aryl methyl sites for hydroxylation is 1. The molecule has 3 rings (SSSR count). The van der Waals surface area contributed by atoms with Crippen LogP contribution in [0.4, 0.5) is 5.82 Å². The number of nitrogens with two attached hydrogens (primary N) is 1. The molecule has 4 nitrogen and oxygen atoms in total. The van der Waals surface area contributed by atoms with Crippen molar-refractivity contribution in [2.45, 2.75) is 25.8 Å². The third-order valence-electron chi connectivity index (χ3n) is 3.19. The molecule has 0 aromatic carbocycles. The van der Waals surface area contributed by atoms with Crippen LogP contribution >= 0.6 is 11.3 Å². The summed E-state index contributed by atoms with van der Waals surface area (Å²) in [5.41, 5.74) is 6.03. The van der Waals surface area contributed by atoms with E-state index in [1.54, 1.807) is 17.7 Å². The van der Waals surface area contributed by atoms with E-state index >= 15 is 0 Å². The Morgan fingerprint density at radius 3 is 3.18 bits per heavy atom. The minimum absolute atomic E-state index is 0.272. The Bertz CT molecular complexity index is 536. The van der Waals surface area contributed by atoms with Crippen LogP contribution in [0, 0.1) is 6.92 Å². The molecule has 5 heteroatoms. The van der Waals surface area contributed by atoms with E-state index in [1.807, 2.05) is 0 Å². The van der Waals surface area contributed by atoms with Crippen LogP contribution in [0.3, 0.4) is 0 Å². The molecule has 0 bridgehead atoms. The molecule has 0 spiro atoms. The molecule has 0 saturated carbocycles. The second-order valence-electron chi connectivity index (χ2n) is 4.62. The van der Waals surface area contributed by atoms with Gasteiger partial charge in [0, 0.05) is 24.0 Å². The molecule has 0 radical (unpaired) electrons. The predicted octanol–water partition coefficient (Wildman–Crippen LogP) is 1.93. The monoisotopic (exact) mass is 248 g/mol. The maximum Gasteiger partial charge on any atom is 0.140 e. The Balaban J connectivity index is 2.04. The van der Waals surface area contributed by atoms with Crippen LogP contribution in [0.2, 0.25) is 0 Å². The summed E-state index contributed by atoms with van der Waals surface area (Å²) in [6.45, 7) is 4.06. The normalized spacial score (nSPS) is 21.1. The highest BCUT2D eigenvalue weighted by Gasteiger charge is 2.20. The minimum atomic E-state index is 0.272. The van der Waals surface area contributed by atoms with Crippen molar-refractivity contribution in [1.82, 2.24) is 9.97 Å². The minimum Gasteiger partial charge on any atom is -0.354 e. The van der Waals surface area contributed by atoms with Crippen LogP contribution in [0.5, 0.6) is 0 Å². The first-order valence-electron chi connectivity index (χ1n) is 5.96. The van der Waals surface area contributed by atoms with Gasteiger partial charge in [-0.1, -0.05) is 0 Å². The van der Waals surface area contributed by atoms with Crippen molar-refractivity contribution < 1.29 is 0 Å². The lowest BCUT2D eigenvalue weighted by molar-refractivity contribution is 0.504. The van der Waals surface area contributed by atoms with Crippen LogP contribution in [-0.2, 0) is 0 Å². The topological polar surface area (TPSA) is 55.0 Å². The van der Waals surface area contributed by atoms with E-state index in [0.717, 1.165) is 36.6 Å². The second kappa shape index (κ2) is 4.23. The molecule has 0 unspecified atom stereocenters. The van der Waals surface area contributed by atoms with Gasteiger partial charge in [0.2, 0.25) is 0 Å². The summed E-state index contributed by atoms with van der Waals surface area (Å²) in [4.78, 5) is 13.4. The lowest BCUT2D eigenvalue weighted by atomic mass is 10.1. The fraction of sp³-hybridized carbons (Fsp3) is 0.500. The first kappa shape index (κ1) is 10.9. The summed E-state index contributed by atoms with van der Waals surface area (Å²) in [5, 5.41) is 1.17. The van der Waals surface area contributed by atoms with Crippen molar-refractivity contribution >= 4 is 27.4 Å². The van der Waals surface area contributed by atoms with E-state index in [9.17, 15) is 0 Å². The van der Waals surface area contributed by atoms with E-state index in [0.29, 0.717) is 0 Å². The second-order valence-corrected chi connectivity index (χ2v) is 5.86. The highest BCUT2D eigenvalue weighted by Crippen LogP contribution is 2.30. The van der Waals surface area contributed by atoms with Crippen LogP contribution in [0.25, 0.3) is 10.2 Å². The lowest BCUT2D eigenvalue weighted by Gasteiger charge is -2.31. The summed E-state index contributed by atoms with van der Waals surface area (Å²) in [5.74, 6) is 1.05. The number of thiophene rings is 1. The van der Waals surface area contributed by atoms with Gasteiger partial charge in [-0.3, -0.25) is 0 Å². The van der Waals surface area contributed by atoms with Gasteiger partial charge in [0.25, 0.3) is 0 Å². The van der Waals surface area contributed by atoms with Crippen molar-refractivity contribution in [1.29, 1.82) is 0 Å². The summed E-state index contributed by atoms with van der Waals surface area (Å²) >= 11 is 1.72. The van der Waals surface area contributed by atoms with Gasteiger partial charge in [-0.15, -0.1) is 11.3 Å². The Morgan fingerprint density at radius 1 is 1.47 bits per heavy atom. The number of nitrogens with zero attached hydrogens (tertiary/aromatic N) is 3. The number of fused-ring (bicyclic) bond motifs is 1. The molecule has 1 atom stereocenters. The molecule has 3 heterocycles. The van der Waals surface area contributed by atoms with E-state index < -0.39 is 0 Å². The van der Waals surface area contributed by atoms with Crippen molar-refractivity contribution in [2.75, 3.05) is 18.0 Å². The van der Waals surface area contributed by atoms with Gasteiger partial charge in [-0.25, -0.2) is 9.97 Å². The molecule has 2 aromatic rings. The van der Waals surface area contributed by atoms with Gasteiger partial charge >= 0.3 is 0 Å². The summed E-state index contributed by atoms with van der Waals surface area (Å²) in [6, 6.07) is 2.45. The fourth-order valence-corrected chi connectivity index (χ4v) is 3.26. The van der Waals surface area contributed by atoms with E-state index in [4.69, 9.17) is 5.73 Å². The molecule has 90 valence electrons. The molecule has 0 aliphatic carbocycles. The first-order valence-corrected chi connectivity index (χ1v) is 6.77. The van der Waals surface area contributed by atoms with Crippen molar-refractivity contribution in [2.24, 2.45) is 5.73 Å². The zero-order valence-corrected chi connectivity index (χ0v) is 10.7. The SMILES string of the molecule is Cc1cc2c(N3CCC[C@@H](N)C3)ncnc2s1. The van der Waals surface area contributed by atoms with E-state index in [1.165, 1.54) is 10.3 Å². The first-order chi connectivity index (χ1) is 8.24. The van der Waals surface area contributed by atoms with E-state index in [2.05, 4.69) is 27.9 Å². The molecular weight excluding hydrogens is 232 g/mol. The number of hydrogen-bond acceptors (Lipinski definition) is 5. The molecule has 2 aromatic heterocycles. The molecule has 1 aliphatic heterocycles. The molecule has 1 saturated heterocycles. The highest BCUT2D eigenvalue weighted by atomic mass is 32.1. The molecule has 2 N–H and O–H groups in total. The molecular formula is C12H16N4S. The zero-order chi connectivity index (χ0) is 11.8. The van der Waals surface area contributed by atoms with Crippen LogP contribution < -0.4 is 10.6 Å². The van der Waals surface area contributed by atoms with Crippen LogP contribution in [0.1, 0.15) is 17.7 Å². The third-order valence-corrected chi connectivity index (χ3v) is 4.15. The Morgan fingerprint density at radius 2 is 2.35 bits per heavy atom. The number of aromatic nitrogens is 2. The quantitative estimate of drug-likeness (QED) is 0.838. The Kier molecular flexibility index (Phi) is 2.72. The largest absolute Gasteiger partial charge is 0.354 e. The van der Waals surface area contributed by atoms with Crippen molar-refractivity contribution in [3.8, 4) is 0 Å². The van der Waals surface area contributed by atoms with Gasteiger partial charge < -0.3 is 10.6 Å². The third kappa shape index (κ3) is 2.00. The number of anilines is 1. The summed E-state index contributed by atoms with van der Waals surface area (Å²) in [6.07, 6.45) is 3.93. The lowest BCUT2D eigenvalue weighted by Crippen LogP contribution is -2.43. The summed E-state index contributed by atoms with van der Waals surface area (Å²) in [7, 11) is 0. The van der Waals surface area contributed by atoms with Gasteiger partial charge in [0.15, 0.2) is 0 Å². The Hall–Kier alpha value is -1.20. The van der Waals surface area contributed by atoms with Crippen LogP contribution in [0.15, 0.2) is 12.4 Å². The maximum absolute atomic E-state index is 6.03. The van der Waals surface area contributed by atoms with Gasteiger partial charge in [-0.2, -0.15) is 0 Å². The smallest absolute Gasteiger partial charge is 0.140 e. The van der Waals surface area contributed by atoms with Crippen molar-refractivity contribution in [3.05, 3.63) is 17.3 Å². The van der Waals surface area contributed by atoms with Gasteiger partial charge in [0.1, 0.15) is 17.0 Å². The zero-order valence-electron chi connectivity index (χ0n) is 9.89. The van der Waals surface area contributed by atoms with Gasteiger partial charge in [0.05, 0.1) is 5.39 Å². The average molecular weight is 248 g/mol. The molecule has 0 amide bonds. The summed E-state index contributed by atoms with van der Waals surface area (Å²) < 4.78 is 0. The highest BCUT2D eigenvalue weighted by molar-refractivity contribution is 7.18. The predicted molar refractivity (Wildman–Crippen MR) is 71.6 cm³/mol. The molecule has 1 fully saturated rings. The fourth-order valence-electron chi connectivity index (χ4n) is 2.42. The molecule has 1 aliphatic rings. The van der Waals surface area contributed by atoms with Gasteiger partial charge in [-0.05, 0) is 25.8 Å². The number of rotatable bonds is 1. The molecule has 17 heavy (non-hydrogen) atoms.